The zero-order valence-electron chi connectivity index (χ0n) is 17.2. The Labute approximate surface area is 174 Å². The van der Waals surface area contributed by atoms with Crippen molar-refractivity contribution in [2.75, 3.05) is 24.4 Å². The molecule has 0 radical (unpaired) electrons. The van der Waals surface area contributed by atoms with Crippen molar-refractivity contribution in [1.29, 1.82) is 0 Å². The van der Waals surface area contributed by atoms with Gasteiger partial charge in [-0.1, -0.05) is 18.2 Å². The first kappa shape index (κ1) is 19.6. The Hall–Kier alpha value is -3.67. The molecule has 0 fully saturated rings. The molecule has 3 aromatic carbocycles. The van der Waals surface area contributed by atoms with E-state index in [4.69, 9.17) is 13.9 Å². The molecule has 30 heavy (non-hydrogen) atoms. The normalized spacial score (nSPS) is 12.0. The first-order valence-corrected chi connectivity index (χ1v) is 9.88. The standard InChI is InChI=1S/C24H24N2O4/c1-4-29-17-11-9-16(10-12-17)25-15(2)24(27)26-20-14-22-19(13-23(20)28-3)18-7-5-6-8-21(18)30-22/h5-15,25H,4H2,1-3H3,(H,26,27)/t15-/m0/s1. The lowest BCUT2D eigenvalue weighted by molar-refractivity contribution is -0.116. The molecular weight excluding hydrogens is 380 g/mol. The highest BCUT2D eigenvalue weighted by molar-refractivity contribution is 6.08. The Morgan fingerprint density at radius 3 is 2.53 bits per heavy atom. The summed E-state index contributed by atoms with van der Waals surface area (Å²) in [7, 11) is 1.58. The van der Waals surface area contributed by atoms with Crippen LogP contribution in [0.1, 0.15) is 13.8 Å². The number of ether oxygens (including phenoxy) is 2. The van der Waals surface area contributed by atoms with E-state index >= 15 is 0 Å². The molecule has 1 aromatic heterocycles. The second kappa shape index (κ2) is 8.37. The summed E-state index contributed by atoms with van der Waals surface area (Å²) in [6, 6.07) is 18.6. The number of amides is 1. The van der Waals surface area contributed by atoms with Crippen molar-refractivity contribution in [1.82, 2.24) is 0 Å². The zero-order chi connectivity index (χ0) is 21.1. The van der Waals surface area contributed by atoms with Crippen LogP contribution in [0.25, 0.3) is 21.9 Å². The molecule has 154 valence electrons. The fourth-order valence-electron chi connectivity index (χ4n) is 3.39. The largest absolute Gasteiger partial charge is 0.495 e. The Morgan fingerprint density at radius 1 is 1.03 bits per heavy atom. The van der Waals surface area contributed by atoms with E-state index in [0.29, 0.717) is 23.6 Å². The van der Waals surface area contributed by atoms with Crippen molar-refractivity contribution >= 4 is 39.2 Å². The van der Waals surface area contributed by atoms with Crippen molar-refractivity contribution in [2.45, 2.75) is 19.9 Å². The third-order valence-electron chi connectivity index (χ3n) is 4.90. The van der Waals surface area contributed by atoms with Crippen LogP contribution in [0.15, 0.2) is 65.1 Å². The maximum absolute atomic E-state index is 12.8. The van der Waals surface area contributed by atoms with Crippen LogP contribution in [0.2, 0.25) is 0 Å². The van der Waals surface area contributed by atoms with Gasteiger partial charge in [0.2, 0.25) is 5.91 Å². The molecule has 0 spiro atoms. The minimum absolute atomic E-state index is 0.183. The number of carbonyl (C=O) groups excluding carboxylic acids is 1. The molecule has 2 N–H and O–H groups in total. The van der Waals surface area contributed by atoms with Crippen LogP contribution in [0, 0.1) is 0 Å². The van der Waals surface area contributed by atoms with Crippen molar-refractivity contribution < 1.29 is 18.7 Å². The number of furan rings is 1. The number of nitrogens with one attached hydrogen (secondary N) is 2. The molecule has 0 aliphatic carbocycles. The van der Waals surface area contributed by atoms with Crippen LogP contribution < -0.4 is 20.1 Å². The van der Waals surface area contributed by atoms with Crippen molar-refractivity contribution in [3.05, 3.63) is 60.7 Å². The van der Waals surface area contributed by atoms with Gasteiger partial charge in [-0.05, 0) is 50.2 Å². The highest BCUT2D eigenvalue weighted by Gasteiger charge is 2.17. The molecular formula is C24H24N2O4. The fourth-order valence-corrected chi connectivity index (χ4v) is 3.39. The molecule has 0 saturated heterocycles. The summed E-state index contributed by atoms with van der Waals surface area (Å²) in [4.78, 5) is 12.8. The molecule has 1 atom stereocenters. The summed E-state index contributed by atoms with van der Waals surface area (Å²) < 4.78 is 16.9. The molecule has 0 unspecified atom stereocenters. The fraction of sp³-hybridized carbons (Fsp3) is 0.208. The average molecular weight is 404 g/mol. The number of para-hydroxylation sites is 1. The monoisotopic (exact) mass is 404 g/mol. The molecule has 6 nitrogen and oxygen atoms in total. The third-order valence-corrected chi connectivity index (χ3v) is 4.90. The van der Waals surface area contributed by atoms with Gasteiger partial charge in [-0.2, -0.15) is 0 Å². The highest BCUT2D eigenvalue weighted by Crippen LogP contribution is 2.36. The predicted octanol–water partition coefficient (Wildman–Crippen LogP) is 5.43. The molecule has 0 bridgehead atoms. The maximum Gasteiger partial charge on any atom is 0.246 e. The molecule has 4 rings (SSSR count). The van der Waals surface area contributed by atoms with Crippen LogP contribution in [-0.2, 0) is 4.79 Å². The van der Waals surface area contributed by atoms with Gasteiger partial charge >= 0.3 is 0 Å². The second-order valence-electron chi connectivity index (χ2n) is 6.96. The van der Waals surface area contributed by atoms with Gasteiger partial charge < -0.3 is 24.5 Å². The number of rotatable bonds is 7. The van der Waals surface area contributed by atoms with Crippen LogP contribution in [-0.4, -0.2) is 25.7 Å². The number of hydrogen-bond donors (Lipinski definition) is 2. The summed E-state index contributed by atoms with van der Waals surface area (Å²) in [5, 5.41) is 8.09. The summed E-state index contributed by atoms with van der Waals surface area (Å²) in [6.45, 7) is 4.36. The summed E-state index contributed by atoms with van der Waals surface area (Å²) in [5.74, 6) is 1.19. The Kier molecular flexibility index (Phi) is 5.48. The van der Waals surface area contributed by atoms with Crippen LogP contribution in [0.3, 0.4) is 0 Å². The van der Waals surface area contributed by atoms with Gasteiger partial charge in [0.25, 0.3) is 0 Å². The van der Waals surface area contributed by atoms with E-state index in [9.17, 15) is 4.79 Å². The van der Waals surface area contributed by atoms with Crippen LogP contribution >= 0.6 is 0 Å². The minimum atomic E-state index is -0.459. The lowest BCUT2D eigenvalue weighted by Crippen LogP contribution is -2.32. The molecule has 1 amide bonds. The van der Waals surface area contributed by atoms with Gasteiger partial charge in [-0.15, -0.1) is 0 Å². The quantitative estimate of drug-likeness (QED) is 0.430. The zero-order valence-corrected chi connectivity index (χ0v) is 17.2. The van der Waals surface area contributed by atoms with Crippen LogP contribution in [0.5, 0.6) is 11.5 Å². The van der Waals surface area contributed by atoms with Crippen molar-refractivity contribution in [2.24, 2.45) is 0 Å². The molecule has 1 heterocycles. The smallest absolute Gasteiger partial charge is 0.246 e. The number of benzene rings is 3. The number of hydrogen-bond acceptors (Lipinski definition) is 5. The molecule has 4 aromatic rings. The number of anilines is 2. The average Bonchev–Trinajstić information content (AvgIpc) is 3.12. The van der Waals surface area contributed by atoms with Crippen LogP contribution in [0.4, 0.5) is 11.4 Å². The first-order chi connectivity index (χ1) is 14.6. The molecule has 0 aliphatic heterocycles. The van der Waals surface area contributed by atoms with E-state index in [1.165, 1.54) is 0 Å². The second-order valence-corrected chi connectivity index (χ2v) is 6.96. The number of methoxy groups -OCH3 is 1. The predicted molar refractivity (Wildman–Crippen MR) is 120 cm³/mol. The van der Waals surface area contributed by atoms with E-state index < -0.39 is 6.04 Å². The van der Waals surface area contributed by atoms with Gasteiger partial charge in [0.15, 0.2) is 0 Å². The first-order valence-electron chi connectivity index (χ1n) is 9.88. The highest BCUT2D eigenvalue weighted by atomic mass is 16.5. The molecule has 6 heteroatoms. The lowest BCUT2D eigenvalue weighted by atomic mass is 10.1. The number of fused-ring (bicyclic) bond motifs is 3. The molecule has 0 saturated carbocycles. The Bertz CT molecular complexity index is 1180. The van der Waals surface area contributed by atoms with Gasteiger partial charge in [-0.3, -0.25) is 4.79 Å². The van der Waals surface area contributed by atoms with E-state index in [1.54, 1.807) is 20.1 Å². The van der Waals surface area contributed by atoms with E-state index in [-0.39, 0.29) is 5.91 Å². The van der Waals surface area contributed by atoms with Gasteiger partial charge in [0.05, 0.1) is 19.4 Å². The number of carbonyl (C=O) groups is 1. The van der Waals surface area contributed by atoms with E-state index in [1.807, 2.05) is 61.5 Å². The minimum Gasteiger partial charge on any atom is -0.495 e. The van der Waals surface area contributed by atoms with Gasteiger partial charge in [0.1, 0.15) is 28.7 Å². The molecule has 0 aliphatic rings. The van der Waals surface area contributed by atoms with Gasteiger partial charge in [0, 0.05) is 22.5 Å². The third kappa shape index (κ3) is 3.89. The van der Waals surface area contributed by atoms with Crippen molar-refractivity contribution in [3.8, 4) is 11.5 Å². The lowest BCUT2D eigenvalue weighted by Gasteiger charge is -2.17. The van der Waals surface area contributed by atoms with Gasteiger partial charge in [-0.25, -0.2) is 0 Å². The Balaban J connectivity index is 1.53. The Morgan fingerprint density at radius 2 is 1.80 bits per heavy atom. The van der Waals surface area contributed by atoms with E-state index in [2.05, 4.69) is 10.6 Å². The summed E-state index contributed by atoms with van der Waals surface area (Å²) in [6.07, 6.45) is 0. The van der Waals surface area contributed by atoms with Crippen molar-refractivity contribution in [3.63, 3.8) is 0 Å². The summed E-state index contributed by atoms with van der Waals surface area (Å²) in [5.41, 5.74) is 2.89. The topological polar surface area (TPSA) is 72.7 Å². The maximum atomic E-state index is 12.8. The van der Waals surface area contributed by atoms with E-state index in [0.717, 1.165) is 27.8 Å². The SMILES string of the molecule is CCOc1ccc(N[C@@H](C)C(=O)Nc2cc3oc4ccccc4c3cc2OC)cc1. The summed E-state index contributed by atoms with van der Waals surface area (Å²) >= 11 is 0.